The van der Waals surface area contributed by atoms with Crippen molar-refractivity contribution in [3.05, 3.63) is 35.6 Å². The summed E-state index contributed by atoms with van der Waals surface area (Å²) in [6.07, 6.45) is 7.87. The van der Waals surface area contributed by atoms with E-state index in [0.29, 0.717) is 16.7 Å². The minimum Gasteiger partial charge on any atom is -0.473 e. The van der Waals surface area contributed by atoms with Crippen LogP contribution in [-0.4, -0.2) is 39.1 Å². The summed E-state index contributed by atoms with van der Waals surface area (Å²) in [5.74, 6) is 1.16. The van der Waals surface area contributed by atoms with E-state index in [-0.39, 0.29) is 6.10 Å². The van der Waals surface area contributed by atoms with Crippen molar-refractivity contribution in [2.75, 3.05) is 18.0 Å². The number of ether oxygens (including phenoxy) is 1. The Morgan fingerprint density at radius 2 is 1.91 bits per heavy atom. The largest absolute Gasteiger partial charge is 0.473 e. The van der Waals surface area contributed by atoms with Gasteiger partial charge in [0.05, 0.1) is 24.8 Å². The summed E-state index contributed by atoms with van der Waals surface area (Å²) >= 11 is 5.79. The molecule has 0 spiro atoms. The molecular formula is C14H13ClN6O. The van der Waals surface area contributed by atoms with E-state index >= 15 is 0 Å². The number of nitrogens with zero attached hydrogens (tertiary/aromatic N) is 6. The summed E-state index contributed by atoms with van der Waals surface area (Å²) in [5, 5.41) is 9.19. The van der Waals surface area contributed by atoms with Crippen molar-refractivity contribution < 1.29 is 4.74 Å². The lowest BCUT2D eigenvalue weighted by molar-refractivity contribution is 0.163. The summed E-state index contributed by atoms with van der Waals surface area (Å²) in [6.45, 7) is 1.56. The van der Waals surface area contributed by atoms with Gasteiger partial charge in [-0.3, -0.25) is 9.97 Å². The Bertz CT molecular complexity index is 696. The number of anilines is 1. The van der Waals surface area contributed by atoms with Crippen molar-refractivity contribution in [1.82, 2.24) is 19.9 Å². The molecule has 0 radical (unpaired) electrons. The molecule has 3 rings (SSSR count). The highest BCUT2D eigenvalue weighted by atomic mass is 35.5. The molecule has 7 nitrogen and oxygen atoms in total. The van der Waals surface area contributed by atoms with Gasteiger partial charge in [0.25, 0.3) is 0 Å². The zero-order valence-corrected chi connectivity index (χ0v) is 12.4. The van der Waals surface area contributed by atoms with Gasteiger partial charge in [-0.1, -0.05) is 11.6 Å². The van der Waals surface area contributed by atoms with E-state index in [9.17, 15) is 0 Å². The zero-order chi connectivity index (χ0) is 15.4. The molecule has 0 atom stereocenters. The molecule has 1 fully saturated rings. The average Bonchev–Trinajstić information content (AvgIpc) is 2.56. The molecule has 112 valence electrons. The third-order valence-electron chi connectivity index (χ3n) is 3.37. The van der Waals surface area contributed by atoms with E-state index in [2.05, 4.69) is 24.8 Å². The number of piperidine rings is 1. The molecule has 1 aliphatic heterocycles. The first-order valence-electron chi connectivity index (χ1n) is 6.86. The molecule has 1 aliphatic rings. The molecule has 0 saturated carbocycles. The van der Waals surface area contributed by atoms with E-state index in [1.807, 2.05) is 6.07 Å². The van der Waals surface area contributed by atoms with Gasteiger partial charge < -0.3 is 9.64 Å². The van der Waals surface area contributed by atoms with Crippen LogP contribution in [0, 0.1) is 11.3 Å². The standard InChI is InChI=1S/C14H13ClN6O/c15-12-7-18-9-14(20-12)22-11-1-3-21(4-2-11)13-8-17-6-10(5-16)19-13/h6-9,11H,1-4H2. The van der Waals surface area contributed by atoms with Crippen molar-refractivity contribution in [3.63, 3.8) is 0 Å². The van der Waals surface area contributed by atoms with Crippen LogP contribution in [0.3, 0.4) is 0 Å². The van der Waals surface area contributed by atoms with Crippen LogP contribution >= 0.6 is 11.6 Å². The van der Waals surface area contributed by atoms with Gasteiger partial charge in [0.15, 0.2) is 10.8 Å². The Labute approximate surface area is 132 Å². The van der Waals surface area contributed by atoms with Crippen molar-refractivity contribution in [1.29, 1.82) is 5.26 Å². The highest BCUT2D eigenvalue weighted by Gasteiger charge is 2.22. The number of halogens is 1. The summed E-state index contributed by atoms with van der Waals surface area (Å²) < 4.78 is 5.79. The van der Waals surface area contributed by atoms with Gasteiger partial charge in [-0.2, -0.15) is 10.2 Å². The lowest BCUT2D eigenvalue weighted by Crippen LogP contribution is -2.39. The van der Waals surface area contributed by atoms with Crippen LogP contribution in [0.2, 0.25) is 5.15 Å². The molecule has 1 saturated heterocycles. The highest BCUT2D eigenvalue weighted by Crippen LogP contribution is 2.21. The highest BCUT2D eigenvalue weighted by molar-refractivity contribution is 6.29. The SMILES string of the molecule is N#Cc1cncc(N2CCC(Oc3cncc(Cl)n3)CC2)n1. The second kappa shape index (κ2) is 6.54. The summed E-state index contributed by atoms with van der Waals surface area (Å²) in [5.41, 5.74) is 0.324. The lowest BCUT2D eigenvalue weighted by Gasteiger charge is -2.32. The van der Waals surface area contributed by atoms with Crippen molar-refractivity contribution in [3.8, 4) is 11.9 Å². The molecule has 3 heterocycles. The Hall–Kier alpha value is -2.46. The summed E-state index contributed by atoms with van der Waals surface area (Å²) in [6, 6.07) is 2.00. The van der Waals surface area contributed by atoms with Gasteiger partial charge in [0.1, 0.15) is 18.0 Å². The second-order valence-corrected chi connectivity index (χ2v) is 5.25. The quantitative estimate of drug-likeness (QED) is 0.853. The van der Waals surface area contributed by atoms with Gasteiger partial charge >= 0.3 is 0 Å². The number of aromatic nitrogens is 4. The monoisotopic (exact) mass is 316 g/mol. The first-order valence-corrected chi connectivity index (χ1v) is 7.23. The molecule has 8 heteroatoms. The maximum atomic E-state index is 8.87. The minimum absolute atomic E-state index is 0.0659. The van der Waals surface area contributed by atoms with Gasteiger partial charge in [-0.25, -0.2) is 4.98 Å². The second-order valence-electron chi connectivity index (χ2n) is 4.86. The van der Waals surface area contributed by atoms with Gasteiger partial charge in [0.2, 0.25) is 5.88 Å². The Morgan fingerprint density at radius 3 is 2.64 bits per heavy atom. The van der Waals surface area contributed by atoms with E-state index in [0.717, 1.165) is 31.7 Å². The third kappa shape index (κ3) is 3.40. The molecule has 0 bridgehead atoms. The van der Waals surface area contributed by atoms with Crippen molar-refractivity contribution in [2.24, 2.45) is 0 Å². The number of nitriles is 1. The molecular weight excluding hydrogens is 304 g/mol. The van der Waals surface area contributed by atoms with E-state index < -0.39 is 0 Å². The van der Waals surface area contributed by atoms with E-state index in [4.69, 9.17) is 21.6 Å². The predicted molar refractivity (Wildman–Crippen MR) is 79.7 cm³/mol. The summed E-state index contributed by atoms with van der Waals surface area (Å²) in [7, 11) is 0. The van der Waals surface area contributed by atoms with E-state index in [1.165, 1.54) is 12.4 Å². The summed E-state index contributed by atoms with van der Waals surface area (Å²) in [4.78, 5) is 18.4. The number of hydrogen-bond acceptors (Lipinski definition) is 7. The van der Waals surface area contributed by atoms with Gasteiger partial charge in [0, 0.05) is 25.9 Å². The molecule has 0 N–H and O–H groups in total. The molecule has 0 amide bonds. The number of hydrogen-bond donors (Lipinski definition) is 0. The van der Waals surface area contributed by atoms with Crippen molar-refractivity contribution >= 4 is 17.4 Å². The predicted octanol–water partition coefficient (Wildman–Crippen LogP) is 1.84. The molecule has 2 aromatic heterocycles. The zero-order valence-electron chi connectivity index (χ0n) is 11.7. The lowest BCUT2D eigenvalue weighted by atomic mass is 10.1. The van der Waals surface area contributed by atoms with Crippen LogP contribution in [0.4, 0.5) is 5.82 Å². The fraction of sp³-hybridized carbons (Fsp3) is 0.357. The van der Waals surface area contributed by atoms with E-state index in [1.54, 1.807) is 12.4 Å². The maximum absolute atomic E-state index is 8.87. The van der Waals surface area contributed by atoms with Crippen LogP contribution in [-0.2, 0) is 0 Å². The molecule has 2 aromatic rings. The van der Waals surface area contributed by atoms with Crippen molar-refractivity contribution in [2.45, 2.75) is 18.9 Å². The van der Waals surface area contributed by atoms with Crippen LogP contribution in [0.1, 0.15) is 18.5 Å². The minimum atomic E-state index is 0.0659. The van der Waals surface area contributed by atoms with Crippen LogP contribution in [0.25, 0.3) is 0 Å². The normalized spacial score (nSPS) is 15.4. The fourth-order valence-electron chi connectivity index (χ4n) is 2.32. The average molecular weight is 317 g/mol. The smallest absolute Gasteiger partial charge is 0.234 e. The van der Waals surface area contributed by atoms with Crippen LogP contribution in [0.15, 0.2) is 24.8 Å². The molecule has 0 unspecified atom stereocenters. The Morgan fingerprint density at radius 1 is 1.14 bits per heavy atom. The number of rotatable bonds is 3. The van der Waals surface area contributed by atoms with Gasteiger partial charge in [-0.15, -0.1) is 0 Å². The molecule has 0 aromatic carbocycles. The first-order chi connectivity index (χ1) is 10.7. The topological polar surface area (TPSA) is 87.8 Å². The Kier molecular flexibility index (Phi) is 4.30. The van der Waals surface area contributed by atoms with Crippen LogP contribution < -0.4 is 9.64 Å². The van der Waals surface area contributed by atoms with Crippen LogP contribution in [0.5, 0.6) is 5.88 Å². The fourth-order valence-corrected chi connectivity index (χ4v) is 2.46. The maximum Gasteiger partial charge on any atom is 0.234 e. The van der Waals surface area contributed by atoms with Gasteiger partial charge in [-0.05, 0) is 0 Å². The Balaban J connectivity index is 1.59. The third-order valence-corrected chi connectivity index (χ3v) is 3.55. The molecule has 0 aliphatic carbocycles. The molecule has 22 heavy (non-hydrogen) atoms. The first kappa shape index (κ1) is 14.5.